The minimum absolute atomic E-state index is 0.0262. The Bertz CT molecular complexity index is 1250. The molecule has 1 fully saturated rings. The molecule has 15 heteroatoms. The first-order valence-corrected chi connectivity index (χ1v) is 14.0. The van der Waals surface area contributed by atoms with Gasteiger partial charge in [0.05, 0.1) is 11.7 Å². The third-order valence-electron chi connectivity index (χ3n) is 5.28. The van der Waals surface area contributed by atoms with Gasteiger partial charge in [-0.1, -0.05) is 5.16 Å². The zero-order chi connectivity index (χ0) is 25.8. The van der Waals surface area contributed by atoms with Gasteiger partial charge in [-0.25, -0.2) is 4.57 Å². The Morgan fingerprint density at radius 2 is 2.28 bits per heavy atom. The summed E-state index contributed by atoms with van der Waals surface area (Å²) in [5, 5.41) is 18.0. The minimum Gasteiger partial charge on any atom is -0.543 e. The summed E-state index contributed by atoms with van der Waals surface area (Å²) in [5.74, 6) is -1.57. The number of carboxylic acid groups (broad SMARTS) is 1. The van der Waals surface area contributed by atoms with E-state index < -0.39 is 29.2 Å². The highest BCUT2D eigenvalue weighted by Crippen LogP contribution is 2.40. The average molecular weight is 550 g/mol. The summed E-state index contributed by atoms with van der Waals surface area (Å²) in [4.78, 5) is 48.1. The van der Waals surface area contributed by atoms with Crippen LogP contribution in [0.3, 0.4) is 0 Å². The first kappa shape index (κ1) is 25.9. The number of amides is 2. The molecule has 36 heavy (non-hydrogen) atoms. The van der Waals surface area contributed by atoms with Gasteiger partial charge in [0, 0.05) is 40.2 Å². The molecule has 0 bridgehead atoms. The molecule has 2 aliphatic rings. The number of fused-ring (bicyclic) bond motifs is 1. The lowest BCUT2D eigenvalue weighted by atomic mass is 10.0. The standard InChI is InChI=1S/C21H23N7O5S3/c1-3-33-25-13(16-24-21(22)36-26-16)17(29)23-14-18(30)28-15(20(31)32)12(10-35-19(14)28)8-27-6-4-5-11(7-27)9-34-2/h4-7,14,19H,3,8-10H2,1-2H3,(H3-,22,23,24,26,29,31,32)/t14?,19-/m1/s1. The second kappa shape index (κ2) is 11.3. The fraction of sp³-hybridized carbons (Fsp3) is 0.381. The maximum absolute atomic E-state index is 13.0. The normalized spacial score (nSPS) is 19.6. The highest BCUT2D eigenvalue weighted by molar-refractivity contribution is 8.00. The summed E-state index contributed by atoms with van der Waals surface area (Å²) >= 11 is 3.94. The topological polar surface area (TPSA) is 167 Å². The largest absolute Gasteiger partial charge is 0.543 e. The molecule has 2 aromatic rings. The Kier molecular flexibility index (Phi) is 8.11. The van der Waals surface area contributed by atoms with Crippen molar-refractivity contribution >= 4 is 63.7 Å². The third-order valence-corrected chi connectivity index (χ3v) is 7.79. The summed E-state index contributed by atoms with van der Waals surface area (Å²) in [6, 6.07) is 2.94. The number of nitrogens with two attached hydrogens (primary N) is 1. The molecule has 0 aliphatic carbocycles. The predicted octanol–water partition coefficient (Wildman–Crippen LogP) is -0.884. The molecule has 12 nitrogen and oxygen atoms in total. The van der Waals surface area contributed by atoms with Crippen LogP contribution in [0.4, 0.5) is 5.13 Å². The van der Waals surface area contributed by atoms with Gasteiger partial charge in [-0.15, -0.1) is 11.8 Å². The second-order valence-corrected chi connectivity index (χ2v) is 10.5. The fourth-order valence-electron chi connectivity index (χ4n) is 3.79. The number of anilines is 1. The van der Waals surface area contributed by atoms with Crippen LogP contribution >= 0.6 is 35.1 Å². The number of aliphatic carboxylic acids is 1. The highest BCUT2D eigenvalue weighted by atomic mass is 32.2. The number of rotatable bonds is 10. The number of carbonyl (C=O) groups excluding carboxylic acids is 3. The van der Waals surface area contributed by atoms with Crippen LogP contribution in [0.5, 0.6) is 0 Å². The molecule has 0 radical (unpaired) electrons. The van der Waals surface area contributed by atoms with Gasteiger partial charge < -0.3 is 25.8 Å². The molecule has 2 aliphatic heterocycles. The molecular weight excluding hydrogens is 526 g/mol. The Hall–Kier alpha value is -3.17. The van der Waals surface area contributed by atoms with Crippen molar-refractivity contribution in [3.63, 3.8) is 0 Å². The van der Waals surface area contributed by atoms with E-state index in [0.717, 1.165) is 22.8 Å². The number of carboxylic acids is 1. The SMILES string of the molecule is CCON=C(C(=O)NC1C(=O)N2C(C(=O)[O-])=C(C[n+]3cccc(CSC)c3)CS[C@H]12)c1nsc(N)n1. The maximum Gasteiger partial charge on any atom is 0.278 e. The van der Waals surface area contributed by atoms with Crippen LogP contribution < -0.4 is 20.7 Å². The Labute approximate surface area is 219 Å². The molecule has 4 heterocycles. The molecular formula is C21H23N7O5S3. The lowest BCUT2D eigenvalue weighted by Gasteiger charge is -2.50. The van der Waals surface area contributed by atoms with Crippen LogP contribution in [-0.2, 0) is 31.5 Å². The van der Waals surface area contributed by atoms with E-state index >= 15 is 0 Å². The number of oxime groups is 1. The van der Waals surface area contributed by atoms with Crippen LogP contribution in [0.25, 0.3) is 0 Å². The summed E-state index contributed by atoms with van der Waals surface area (Å²) in [6.07, 6.45) is 5.80. The van der Waals surface area contributed by atoms with E-state index in [1.54, 1.807) is 18.7 Å². The van der Waals surface area contributed by atoms with Crippen molar-refractivity contribution in [3.05, 3.63) is 47.2 Å². The second-order valence-electron chi connectivity index (χ2n) is 7.73. The van der Waals surface area contributed by atoms with E-state index in [2.05, 4.69) is 19.8 Å². The number of β-lactam (4-membered cyclic amide) rings is 1. The van der Waals surface area contributed by atoms with Crippen molar-refractivity contribution in [1.29, 1.82) is 0 Å². The minimum atomic E-state index is -1.44. The zero-order valence-electron chi connectivity index (χ0n) is 19.4. The van der Waals surface area contributed by atoms with Crippen LogP contribution in [0.2, 0.25) is 0 Å². The fourth-order valence-corrected chi connectivity index (χ4v) is 6.07. The molecule has 0 saturated carbocycles. The Morgan fingerprint density at radius 3 is 2.94 bits per heavy atom. The van der Waals surface area contributed by atoms with Gasteiger partial charge in [-0.3, -0.25) is 14.5 Å². The van der Waals surface area contributed by atoms with Gasteiger partial charge in [0.1, 0.15) is 18.0 Å². The van der Waals surface area contributed by atoms with Crippen molar-refractivity contribution in [2.24, 2.45) is 5.16 Å². The summed E-state index contributed by atoms with van der Waals surface area (Å²) < 4.78 is 5.87. The summed E-state index contributed by atoms with van der Waals surface area (Å²) in [6.45, 7) is 2.19. The number of carbonyl (C=O) groups is 3. The monoisotopic (exact) mass is 549 g/mol. The molecule has 3 N–H and O–H groups in total. The number of hydrogen-bond donors (Lipinski definition) is 2. The molecule has 1 saturated heterocycles. The van der Waals surface area contributed by atoms with Crippen molar-refractivity contribution < 1.29 is 28.9 Å². The van der Waals surface area contributed by atoms with Crippen molar-refractivity contribution in [1.82, 2.24) is 19.6 Å². The van der Waals surface area contributed by atoms with E-state index in [0.29, 0.717) is 17.9 Å². The van der Waals surface area contributed by atoms with E-state index in [1.807, 2.05) is 35.3 Å². The van der Waals surface area contributed by atoms with Crippen molar-refractivity contribution in [3.8, 4) is 0 Å². The Morgan fingerprint density at radius 1 is 1.47 bits per heavy atom. The summed E-state index contributed by atoms with van der Waals surface area (Å²) in [7, 11) is 0. The van der Waals surface area contributed by atoms with Gasteiger partial charge in [0.15, 0.2) is 24.1 Å². The van der Waals surface area contributed by atoms with E-state index in [9.17, 15) is 19.5 Å². The molecule has 4 rings (SSSR count). The number of nitrogen functional groups attached to an aromatic ring is 1. The van der Waals surface area contributed by atoms with Crippen LogP contribution in [-0.4, -0.2) is 67.8 Å². The predicted molar refractivity (Wildman–Crippen MR) is 133 cm³/mol. The van der Waals surface area contributed by atoms with E-state index in [1.165, 1.54) is 16.7 Å². The molecule has 2 amide bonds. The smallest absolute Gasteiger partial charge is 0.278 e. The van der Waals surface area contributed by atoms with Crippen LogP contribution in [0.15, 0.2) is 41.0 Å². The number of pyridine rings is 1. The average Bonchev–Trinajstić information content (AvgIpc) is 3.28. The number of nitrogens with zero attached hydrogens (tertiary/aromatic N) is 5. The quantitative estimate of drug-likeness (QED) is 0.164. The number of hydrogen-bond acceptors (Lipinski definition) is 12. The molecule has 2 aromatic heterocycles. The first-order chi connectivity index (χ1) is 17.3. The van der Waals surface area contributed by atoms with Gasteiger partial charge in [-0.05, 0) is 19.2 Å². The van der Waals surface area contributed by atoms with Gasteiger partial charge in [0.2, 0.25) is 11.5 Å². The van der Waals surface area contributed by atoms with Crippen LogP contribution in [0, 0.1) is 0 Å². The molecule has 0 aromatic carbocycles. The molecule has 2 atom stereocenters. The van der Waals surface area contributed by atoms with Gasteiger partial charge in [0.25, 0.3) is 11.8 Å². The lowest BCUT2D eigenvalue weighted by Crippen LogP contribution is -2.71. The highest BCUT2D eigenvalue weighted by Gasteiger charge is 2.53. The number of nitrogens with one attached hydrogen (secondary N) is 1. The number of thioether (sulfide) groups is 2. The first-order valence-electron chi connectivity index (χ1n) is 10.8. The van der Waals surface area contributed by atoms with Crippen molar-refractivity contribution in [2.75, 3.05) is 24.3 Å². The van der Waals surface area contributed by atoms with Gasteiger partial charge in [-0.2, -0.15) is 21.1 Å². The number of aromatic nitrogens is 3. The van der Waals surface area contributed by atoms with E-state index in [-0.39, 0.29) is 29.0 Å². The van der Waals surface area contributed by atoms with E-state index in [4.69, 9.17) is 10.6 Å². The maximum atomic E-state index is 13.0. The zero-order valence-corrected chi connectivity index (χ0v) is 21.8. The molecule has 0 spiro atoms. The molecule has 1 unspecified atom stereocenters. The van der Waals surface area contributed by atoms with Gasteiger partial charge >= 0.3 is 0 Å². The molecule has 190 valence electrons. The van der Waals surface area contributed by atoms with Crippen LogP contribution in [0.1, 0.15) is 18.3 Å². The van der Waals surface area contributed by atoms with Crippen molar-refractivity contribution in [2.45, 2.75) is 30.6 Å². The third kappa shape index (κ3) is 5.32. The lowest BCUT2D eigenvalue weighted by molar-refractivity contribution is -0.689. The Balaban J connectivity index is 1.52. The summed E-state index contributed by atoms with van der Waals surface area (Å²) in [5.41, 5.74) is 6.89.